The van der Waals surface area contributed by atoms with E-state index < -0.39 is 18.5 Å². The molecule has 10 atom stereocenters. The second-order valence-corrected chi connectivity index (χ2v) is 13.8. The summed E-state index contributed by atoms with van der Waals surface area (Å²) < 4.78 is 4.91. The van der Waals surface area contributed by atoms with Gasteiger partial charge in [-0.2, -0.15) is 0 Å². The van der Waals surface area contributed by atoms with E-state index in [4.69, 9.17) is 4.74 Å². The highest BCUT2D eigenvalue weighted by atomic mass is 16.5. The summed E-state index contributed by atoms with van der Waals surface area (Å²) in [5.74, 6) is 0.719. The summed E-state index contributed by atoms with van der Waals surface area (Å²) >= 11 is 0. The molecule has 222 valence electrons. The summed E-state index contributed by atoms with van der Waals surface area (Å²) in [6, 6.07) is 0. The number of hydrogen-bond acceptors (Lipinski definition) is 6. The maximum Gasteiger partial charge on any atom is 0.325 e. The third-order valence-electron chi connectivity index (χ3n) is 11.8. The molecule has 0 spiro atoms. The Morgan fingerprint density at radius 3 is 2.36 bits per heavy atom. The molecule has 0 unspecified atom stereocenters. The highest BCUT2D eigenvalue weighted by Gasteiger charge is 2.62. The minimum absolute atomic E-state index is 0.183. The van der Waals surface area contributed by atoms with E-state index in [-0.39, 0.29) is 48.5 Å². The van der Waals surface area contributed by atoms with Gasteiger partial charge in [-0.3, -0.25) is 14.4 Å². The van der Waals surface area contributed by atoms with Crippen molar-refractivity contribution in [3.63, 3.8) is 0 Å². The van der Waals surface area contributed by atoms with Crippen LogP contribution in [0.25, 0.3) is 0 Å². The second-order valence-electron chi connectivity index (χ2n) is 13.8. The monoisotopic (exact) mass is 549 g/mol. The van der Waals surface area contributed by atoms with Crippen molar-refractivity contribution in [1.29, 1.82) is 0 Å². The van der Waals surface area contributed by atoms with Crippen molar-refractivity contribution in [3.05, 3.63) is 0 Å². The molecule has 0 saturated heterocycles. The Labute approximate surface area is 233 Å². The first-order valence-electron chi connectivity index (χ1n) is 15.4. The number of carbonyl (C=O) groups excluding carboxylic acids is 2. The van der Waals surface area contributed by atoms with Crippen molar-refractivity contribution in [2.45, 2.75) is 111 Å². The number of carboxylic acid groups (broad SMARTS) is 1. The molecule has 0 aromatic rings. The molecule has 1 amide bonds. The molecule has 0 aliphatic heterocycles. The highest BCUT2D eigenvalue weighted by Crippen LogP contribution is 2.68. The van der Waals surface area contributed by atoms with Crippen LogP contribution in [0.15, 0.2) is 0 Å². The fraction of sp³-hybridized carbons (Fsp3) is 0.903. The molecular formula is C31H51NO7. The van der Waals surface area contributed by atoms with Crippen LogP contribution in [0.3, 0.4) is 0 Å². The van der Waals surface area contributed by atoms with Gasteiger partial charge in [-0.15, -0.1) is 0 Å². The van der Waals surface area contributed by atoms with E-state index in [1.165, 1.54) is 6.42 Å². The lowest BCUT2D eigenvalue weighted by molar-refractivity contribution is -0.174. The van der Waals surface area contributed by atoms with Gasteiger partial charge in [-0.05, 0) is 117 Å². The van der Waals surface area contributed by atoms with Crippen LogP contribution in [0, 0.1) is 46.3 Å². The normalized spacial score (nSPS) is 40.1. The van der Waals surface area contributed by atoms with Gasteiger partial charge in [0, 0.05) is 6.42 Å². The van der Waals surface area contributed by atoms with Gasteiger partial charge in [0.05, 0.1) is 18.8 Å². The Bertz CT molecular complexity index is 909. The van der Waals surface area contributed by atoms with Gasteiger partial charge in [0.25, 0.3) is 0 Å². The van der Waals surface area contributed by atoms with Crippen molar-refractivity contribution in [1.82, 2.24) is 4.90 Å². The number of ether oxygens (including phenoxy) is 1. The number of amides is 1. The van der Waals surface area contributed by atoms with E-state index in [0.717, 1.165) is 56.3 Å². The molecule has 4 aliphatic carbocycles. The van der Waals surface area contributed by atoms with Crippen LogP contribution >= 0.6 is 0 Å². The van der Waals surface area contributed by atoms with Gasteiger partial charge in [-0.1, -0.05) is 20.8 Å². The Morgan fingerprint density at radius 2 is 1.67 bits per heavy atom. The summed E-state index contributed by atoms with van der Waals surface area (Å²) in [5, 5.41) is 30.9. The third-order valence-corrected chi connectivity index (χ3v) is 11.8. The summed E-state index contributed by atoms with van der Waals surface area (Å²) in [4.78, 5) is 37.0. The van der Waals surface area contributed by atoms with Crippen LogP contribution in [0.5, 0.6) is 0 Å². The molecule has 4 rings (SSSR count). The number of aliphatic hydroxyl groups is 2. The average Bonchev–Trinajstić information content (AvgIpc) is 3.21. The topological polar surface area (TPSA) is 124 Å². The summed E-state index contributed by atoms with van der Waals surface area (Å²) in [5.41, 5.74) is 0.405. The molecular weight excluding hydrogens is 498 g/mol. The van der Waals surface area contributed by atoms with E-state index in [0.29, 0.717) is 41.9 Å². The zero-order valence-corrected chi connectivity index (χ0v) is 24.4. The van der Waals surface area contributed by atoms with Gasteiger partial charge in [0.1, 0.15) is 13.1 Å². The summed E-state index contributed by atoms with van der Waals surface area (Å²) in [6.07, 6.45) is 9.50. The van der Waals surface area contributed by atoms with Gasteiger partial charge in [-0.25, -0.2) is 0 Å². The van der Waals surface area contributed by atoms with Crippen LogP contribution in [0.1, 0.15) is 98.3 Å². The van der Waals surface area contributed by atoms with Crippen LogP contribution in [0.2, 0.25) is 0 Å². The second kappa shape index (κ2) is 12.1. The molecule has 3 N–H and O–H groups in total. The maximum absolute atomic E-state index is 12.8. The molecule has 0 aromatic carbocycles. The van der Waals surface area contributed by atoms with Crippen molar-refractivity contribution in [3.8, 4) is 0 Å². The van der Waals surface area contributed by atoms with E-state index in [9.17, 15) is 29.7 Å². The Kier molecular flexibility index (Phi) is 9.36. The average molecular weight is 550 g/mol. The predicted octanol–water partition coefficient (Wildman–Crippen LogP) is 4.26. The molecule has 8 nitrogen and oxygen atoms in total. The maximum atomic E-state index is 12.8. The third kappa shape index (κ3) is 6.02. The zero-order chi connectivity index (χ0) is 28.5. The number of hydrogen-bond donors (Lipinski definition) is 3. The first kappa shape index (κ1) is 30.3. The van der Waals surface area contributed by atoms with Gasteiger partial charge in [0.15, 0.2) is 0 Å². The van der Waals surface area contributed by atoms with Crippen molar-refractivity contribution < 1.29 is 34.4 Å². The number of carbonyl (C=O) groups is 3. The Hall–Kier alpha value is -1.67. The van der Waals surface area contributed by atoms with Gasteiger partial charge >= 0.3 is 11.9 Å². The molecule has 0 radical (unpaired) electrons. The smallest absolute Gasteiger partial charge is 0.325 e. The predicted molar refractivity (Wildman–Crippen MR) is 146 cm³/mol. The molecule has 4 fully saturated rings. The number of rotatable bonds is 10. The highest BCUT2D eigenvalue weighted by molar-refractivity contribution is 5.85. The van der Waals surface area contributed by atoms with Gasteiger partial charge in [0.2, 0.25) is 5.91 Å². The molecule has 8 heteroatoms. The Morgan fingerprint density at radius 1 is 0.974 bits per heavy atom. The number of esters is 1. The SMILES string of the molecule is CCOC(=O)CN(CC(=O)O)C(=O)CCC[C@@H](C)[C@H]1CC[C@H]2[C@@H]3[C@@H](O)C[C@@H]4C[C@H](O)CC[C@]4(C)[C@H]3CC[C@]12C. The molecule has 39 heavy (non-hydrogen) atoms. The minimum atomic E-state index is -1.14. The van der Waals surface area contributed by atoms with Crippen LogP contribution in [0.4, 0.5) is 0 Å². The first-order chi connectivity index (χ1) is 18.4. The quantitative estimate of drug-likeness (QED) is 0.348. The minimum Gasteiger partial charge on any atom is -0.480 e. The number of carboxylic acids is 1. The number of aliphatic hydroxyl groups excluding tert-OH is 2. The first-order valence-corrected chi connectivity index (χ1v) is 15.4. The molecule has 4 aliphatic rings. The van der Waals surface area contributed by atoms with Crippen molar-refractivity contribution in [2.24, 2.45) is 46.3 Å². The number of nitrogens with zero attached hydrogens (tertiary/aromatic N) is 1. The van der Waals surface area contributed by atoms with E-state index >= 15 is 0 Å². The zero-order valence-electron chi connectivity index (χ0n) is 24.4. The molecule has 0 heterocycles. The van der Waals surface area contributed by atoms with Crippen molar-refractivity contribution >= 4 is 17.8 Å². The van der Waals surface area contributed by atoms with Crippen LogP contribution < -0.4 is 0 Å². The largest absolute Gasteiger partial charge is 0.480 e. The number of fused-ring (bicyclic) bond motifs is 5. The van der Waals surface area contributed by atoms with E-state index in [1.54, 1.807) is 6.92 Å². The number of aliphatic carboxylic acids is 1. The fourth-order valence-electron chi connectivity index (χ4n) is 9.87. The summed E-state index contributed by atoms with van der Waals surface area (Å²) in [6.45, 7) is 8.22. The lowest BCUT2D eigenvalue weighted by Gasteiger charge is -2.62. The van der Waals surface area contributed by atoms with E-state index in [1.807, 2.05) is 0 Å². The lowest BCUT2D eigenvalue weighted by atomic mass is 9.43. The summed E-state index contributed by atoms with van der Waals surface area (Å²) in [7, 11) is 0. The van der Waals surface area contributed by atoms with E-state index in [2.05, 4.69) is 20.8 Å². The fourth-order valence-corrected chi connectivity index (χ4v) is 9.87. The van der Waals surface area contributed by atoms with Crippen molar-refractivity contribution in [2.75, 3.05) is 19.7 Å². The molecule has 4 saturated carbocycles. The molecule has 0 bridgehead atoms. The molecule has 0 aromatic heterocycles. The lowest BCUT2D eigenvalue weighted by Crippen LogP contribution is -2.58. The standard InChI is InChI=1S/C31H51NO7/c1-5-39-28(38)18-32(17-27(36)37)26(35)8-6-7-19(2)22-9-10-23-29-24(12-14-31(22,23)4)30(3)13-11-21(33)15-20(30)16-25(29)34/h19-25,29,33-34H,5-18H2,1-4H3,(H,36,37)/t19-,20+,21-,22-,23+,24+,25+,29+,30+,31-/m1/s1. The van der Waals surface area contributed by atoms with Crippen LogP contribution in [-0.4, -0.2) is 70.0 Å². The van der Waals surface area contributed by atoms with Crippen LogP contribution in [-0.2, 0) is 19.1 Å². The Balaban J connectivity index is 1.36. The van der Waals surface area contributed by atoms with Gasteiger partial charge < -0.3 is 25.0 Å².